The van der Waals surface area contributed by atoms with Gasteiger partial charge in [-0.1, -0.05) is 26.0 Å². The van der Waals surface area contributed by atoms with Crippen molar-refractivity contribution in [3.8, 4) is 0 Å². The van der Waals surface area contributed by atoms with E-state index in [9.17, 15) is 14.7 Å². The molecule has 0 heterocycles. The lowest BCUT2D eigenvalue weighted by atomic mass is 9.87. The minimum atomic E-state index is -0.981. The molecule has 0 radical (unpaired) electrons. The molecule has 0 aliphatic heterocycles. The van der Waals surface area contributed by atoms with Gasteiger partial charge >= 0.3 is 5.97 Å². The Kier molecular flexibility index (Phi) is 5.90. The summed E-state index contributed by atoms with van der Waals surface area (Å²) in [4.78, 5) is 22.6. The SMILES string of the molecule is CC(O)CC(C)(C)CNC(=O)Cc1ccc(C(=O)O)cc1. The van der Waals surface area contributed by atoms with Gasteiger partial charge in [-0.15, -0.1) is 0 Å². The van der Waals surface area contributed by atoms with Crippen molar-refractivity contribution >= 4 is 11.9 Å². The van der Waals surface area contributed by atoms with Crippen LogP contribution in [0.5, 0.6) is 0 Å². The zero-order chi connectivity index (χ0) is 16.0. The first-order chi connectivity index (χ1) is 9.69. The van der Waals surface area contributed by atoms with Crippen molar-refractivity contribution in [2.24, 2.45) is 5.41 Å². The second-order valence-electron chi connectivity index (χ2n) is 6.17. The molecule has 0 bridgehead atoms. The topological polar surface area (TPSA) is 86.6 Å². The van der Waals surface area contributed by atoms with Crippen LogP contribution in [0, 0.1) is 5.41 Å². The van der Waals surface area contributed by atoms with E-state index < -0.39 is 12.1 Å². The van der Waals surface area contributed by atoms with E-state index in [0.29, 0.717) is 13.0 Å². The third kappa shape index (κ3) is 6.40. The number of carboxylic acids is 1. The number of carboxylic acid groups (broad SMARTS) is 1. The first kappa shape index (κ1) is 17.2. The Morgan fingerprint density at radius 2 is 1.81 bits per heavy atom. The molecule has 5 heteroatoms. The number of nitrogens with one attached hydrogen (secondary N) is 1. The number of benzene rings is 1. The maximum absolute atomic E-state index is 11.9. The highest BCUT2D eigenvalue weighted by Gasteiger charge is 2.21. The molecular formula is C16H23NO4. The molecule has 1 rings (SSSR count). The van der Waals surface area contributed by atoms with Gasteiger partial charge in [0.05, 0.1) is 18.1 Å². The van der Waals surface area contributed by atoms with Crippen LogP contribution in [0.3, 0.4) is 0 Å². The molecule has 0 spiro atoms. The number of hydrogen-bond acceptors (Lipinski definition) is 3. The summed E-state index contributed by atoms with van der Waals surface area (Å²) < 4.78 is 0. The second kappa shape index (κ2) is 7.22. The Labute approximate surface area is 125 Å². The largest absolute Gasteiger partial charge is 0.478 e. The summed E-state index contributed by atoms with van der Waals surface area (Å²) in [5.74, 6) is -1.09. The van der Waals surface area contributed by atoms with Gasteiger partial charge in [0, 0.05) is 6.54 Å². The van der Waals surface area contributed by atoms with E-state index in [4.69, 9.17) is 5.11 Å². The van der Waals surface area contributed by atoms with E-state index in [-0.39, 0.29) is 23.3 Å². The van der Waals surface area contributed by atoms with Crippen molar-refractivity contribution in [3.63, 3.8) is 0 Å². The molecule has 116 valence electrons. The minimum Gasteiger partial charge on any atom is -0.478 e. The molecule has 0 saturated heterocycles. The predicted octanol–water partition coefficient (Wildman–Crippen LogP) is 1.84. The Bertz CT molecular complexity index is 492. The molecule has 0 aliphatic rings. The molecule has 5 nitrogen and oxygen atoms in total. The molecular weight excluding hydrogens is 270 g/mol. The van der Waals surface area contributed by atoms with Gasteiger partial charge in [-0.2, -0.15) is 0 Å². The molecule has 1 amide bonds. The first-order valence-corrected chi connectivity index (χ1v) is 6.96. The number of carbonyl (C=O) groups is 2. The molecule has 0 aromatic heterocycles. The normalized spacial score (nSPS) is 12.8. The van der Waals surface area contributed by atoms with E-state index in [0.717, 1.165) is 5.56 Å². The monoisotopic (exact) mass is 293 g/mol. The van der Waals surface area contributed by atoms with E-state index >= 15 is 0 Å². The van der Waals surface area contributed by atoms with Crippen LogP contribution in [-0.4, -0.2) is 34.7 Å². The fourth-order valence-corrected chi connectivity index (χ4v) is 2.22. The molecule has 0 aliphatic carbocycles. The van der Waals surface area contributed by atoms with Gasteiger partial charge in [-0.05, 0) is 36.5 Å². The number of amides is 1. The van der Waals surface area contributed by atoms with Crippen LogP contribution in [0.2, 0.25) is 0 Å². The average Bonchev–Trinajstić information content (AvgIpc) is 2.36. The Hall–Kier alpha value is -1.88. The van der Waals surface area contributed by atoms with E-state index in [2.05, 4.69) is 5.32 Å². The third-order valence-corrected chi connectivity index (χ3v) is 3.18. The summed E-state index contributed by atoms with van der Waals surface area (Å²) in [6.07, 6.45) is 0.422. The maximum atomic E-state index is 11.9. The number of aromatic carboxylic acids is 1. The van der Waals surface area contributed by atoms with Crippen LogP contribution >= 0.6 is 0 Å². The van der Waals surface area contributed by atoms with E-state index in [1.165, 1.54) is 12.1 Å². The van der Waals surface area contributed by atoms with Gasteiger partial charge in [-0.25, -0.2) is 4.79 Å². The smallest absolute Gasteiger partial charge is 0.335 e. The Balaban J connectivity index is 2.48. The number of carbonyl (C=O) groups excluding carboxylic acids is 1. The van der Waals surface area contributed by atoms with Crippen molar-refractivity contribution in [1.82, 2.24) is 5.32 Å². The zero-order valence-corrected chi connectivity index (χ0v) is 12.7. The van der Waals surface area contributed by atoms with Crippen molar-refractivity contribution in [1.29, 1.82) is 0 Å². The van der Waals surface area contributed by atoms with Crippen molar-refractivity contribution in [2.45, 2.75) is 39.7 Å². The van der Waals surface area contributed by atoms with Crippen LogP contribution in [-0.2, 0) is 11.2 Å². The maximum Gasteiger partial charge on any atom is 0.335 e. The highest BCUT2D eigenvalue weighted by Crippen LogP contribution is 2.21. The van der Waals surface area contributed by atoms with Gasteiger partial charge in [0.2, 0.25) is 5.91 Å². The van der Waals surface area contributed by atoms with E-state index in [1.807, 2.05) is 13.8 Å². The van der Waals surface area contributed by atoms with Crippen LogP contribution in [0.4, 0.5) is 0 Å². The Morgan fingerprint density at radius 1 is 1.24 bits per heavy atom. The lowest BCUT2D eigenvalue weighted by Gasteiger charge is -2.26. The summed E-state index contributed by atoms with van der Waals surface area (Å²) in [6.45, 7) is 6.20. The minimum absolute atomic E-state index is 0.114. The predicted molar refractivity (Wildman–Crippen MR) is 80.2 cm³/mol. The number of rotatable bonds is 7. The molecule has 1 atom stereocenters. The third-order valence-electron chi connectivity index (χ3n) is 3.18. The standard InChI is InChI=1S/C16H23NO4/c1-11(18)9-16(2,3)10-17-14(19)8-12-4-6-13(7-5-12)15(20)21/h4-7,11,18H,8-10H2,1-3H3,(H,17,19)(H,20,21). The molecule has 1 aromatic carbocycles. The summed E-state index contributed by atoms with van der Waals surface area (Å²) in [6, 6.07) is 6.26. The summed E-state index contributed by atoms with van der Waals surface area (Å²) in [5.41, 5.74) is 0.805. The highest BCUT2D eigenvalue weighted by atomic mass is 16.4. The number of aliphatic hydroxyl groups is 1. The van der Waals surface area contributed by atoms with Crippen LogP contribution in [0.25, 0.3) is 0 Å². The van der Waals surface area contributed by atoms with Gasteiger partial charge in [0.25, 0.3) is 0 Å². The quantitative estimate of drug-likeness (QED) is 0.716. The lowest BCUT2D eigenvalue weighted by molar-refractivity contribution is -0.121. The van der Waals surface area contributed by atoms with E-state index in [1.54, 1.807) is 19.1 Å². The molecule has 1 aromatic rings. The lowest BCUT2D eigenvalue weighted by Crippen LogP contribution is -2.36. The number of hydrogen-bond donors (Lipinski definition) is 3. The van der Waals surface area contributed by atoms with Crippen molar-refractivity contribution in [3.05, 3.63) is 35.4 Å². The summed E-state index contributed by atoms with van der Waals surface area (Å²) in [5, 5.41) is 21.0. The average molecular weight is 293 g/mol. The van der Waals surface area contributed by atoms with Gasteiger partial charge < -0.3 is 15.5 Å². The van der Waals surface area contributed by atoms with Crippen LogP contribution < -0.4 is 5.32 Å². The van der Waals surface area contributed by atoms with Gasteiger partial charge in [0.1, 0.15) is 0 Å². The van der Waals surface area contributed by atoms with Crippen molar-refractivity contribution < 1.29 is 19.8 Å². The number of aliphatic hydroxyl groups excluding tert-OH is 1. The van der Waals surface area contributed by atoms with Crippen LogP contribution in [0.1, 0.15) is 43.1 Å². The summed E-state index contributed by atoms with van der Waals surface area (Å²) >= 11 is 0. The van der Waals surface area contributed by atoms with Crippen molar-refractivity contribution in [2.75, 3.05) is 6.54 Å². The molecule has 3 N–H and O–H groups in total. The first-order valence-electron chi connectivity index (χ1n) is 6.96. The summed E-state index contributed by atoms with van der Waals surface area (Å²) in [7, 11) is 0. The van der Waals surface area contributed by atoms with Crippen LogP contribution in [0.15, 0.2) is 24.3 Å². The fraction of sp³-hybridized carbons (Fsp3) is 0.500. The fourth-order valence-electron chi connectivity index (χ4n) is 2.22. The second-order valence-corrected chi connectivity index (χ2v) is 6.17. The van der Waals surface area contributed by atoms with Gasteiger partial charge in [-0.3, -0.25) is 4.79 Å². The molecule has 0 fully saturated rings. The highest BCUT2D eigenvalue weighted by molar-refractivity contribution is 5.87. The molecule has 1 unspecified atom stereocenters. The molecule has 21 heavy (non-hydrogen) atoms. The molecule has 0 saturated carbocycles. The van der Waals surface area contributed by atoms with Gasteiger partial charge in [0.15, 0.2) is 0 Å². The Morgan fingerprint density at radius 3 is 2.29 bits per heavy atom. The zero-order valence-electron chi connectivity index (χ0n) is 12.7.